The van der Waals surface area contributed by atoms with Gasteiger partial charge in [-0.25, -0.2) is 9.97 Å². The van der Waals surface area contributed by atoms with Crippen LogP contribution in [0.1, 0.15) is 20.3 Å². The van der Waals surface area contributed by atoms with Crippen LogP contribution in [0.15, 0.2) is 23.5 Å². The van der Waals surface area contributed by atoms with Crippen LogP contribution in [0.3, 0.4) is 0 Å². The third kappa shape index (κ3) is 3.43. The highest BCUT2D eigenvalue weighted by molar-refractivity contribution is 5.81. The van der Waals surface area contributed by atoms with Gasteiger partial charge in [-0.3, -0.25) is 4.99 Å². The van der Waals surface area contributed by atoms with Gasteiger partial charge < -0.3 is 15.1 Å². The molecule has 0 aromatic carbocycles. The molecule has 0 radical (unpaired) electrons. The molecule has 2 atom stereocenters. The van der Waals surface area contributed by atoms with E-state index in [0.717, 1.165) is 50.5 Å². The Morgan fingerprint density at radius 1 is 1.29 bits per heavy atom. The maximum Gasteiger partial charge on any atom is 0.225 e. The molecule has 2 heterocycles. The molecule has 1 saturated carbocycles. The zero-order valence-electron chi connectivity index (χ0n) is 12.9. The summed E-state index contributed by atoms with van der Waals surface area (Å²) >= 11 is 0. The Hall–Kier alpha value is -1.85. The predicted molar refractivity (Wildman–Crippen MR) is 84.5 cm³/mol. The first-order chi connectivity index (χ1) is 10.3. The fourth-order valence-electron chi connectivity index (χ4n) is 2.65. The largest absolute Gasteiger partial charge is 0.353 e. The summed E-state index contributed by atoms with van der Waals surface area (Å²) in [5, 5.41) is 3.59. The summed E-state index contributed by atoms with van der Waals surface area (Å²) in [6.45, 7) is 9.00. The molecule has 1 N–H and O–H groups in total. The van der Waals surface area contributed by atoms with Crippen molar-refractivity contribution in [2.45, 2.75) is 26.3 Å². The molecule has 1 aromatic rings. The normalized spacial score (nSPS) is 25.9. The molecular formula is C15H24N6. The molecule has 0 bridgehead atoms. The van der Waals surface area contributed by atoms with Crippen molar-refractivity contribution < 1.29 is 0 Å². The minimum absolute atomic E-state index is 0.616. The molecule has 21 heavy (non-hydrogen) atoms. The monoisotopic (exact) mass is 288 g/mol. The second-order valence-electron chi connectivity index (χ2n) is 5.78. The van der Waals surface area contributed by atoms with Crippen LogP contribution in [0.5, 0.6) is 0 Å². The molecule has 2 fully saturated rings. The maximum absolute atomic E-state index is 4.64. The fraction of sp³-hybridized carbons (Fsp3) is 0.667. The lowest BCUT2D eigenvalue weighted by atomic mass is 10.3. The van der Waals surface area contributed by atoms with Crippen molar-refractivity contribution in [3.63, 3.8) is 0 Å². The van der Waals surface area contributed by atoms with Crippen LogP contribution in [-0.4, -0.2) is 59.6 Å². The van der Waals surface area contributed by atoms with Gasteiger partial charge in [0.25, 0.3) is 0 Å². The van der Waals surface area contributed by atoms with Crippen molar-refractivity contribution >= 4 is 11.9 Å². The first-order valence-corrected chi connectivity index (χ1v) is 7.86. The summed E-state index contributed by atoms with van der Waals surface area (Å²) in [5.74, 6) is 2.68. The molecule has 1 aromatic heterocycles. The quantitative estimate of drug-likeness (QED) is 0.663. The van der Waals surface area contributed by atoms with Gasteiger partial charge in [0.1, 0.15) is 0 Å². The van der Waals surface area contributed by atoms with Gasteiger partial charge in [-0.05, 0) is 25.3 Å². The molecule has 2 unspecified atom stereocenters. The van der Waals surface area contributed by atoms with Crippen LogP contribution in [-0.2, 0) is 0 Å². The number of nitrogens with one attached hydrogen (secondary N) is 1. The number of aromatic nitrogens is 2. The number of anilines is 1. The first kappa shape index (κ1) is 14.1. The Kier molecular flexibility index (Phi) is 4.22. The highest BCUT2D eigenvalue weighted by Crippen LogP contribution is 2.29. The Morgan fingerprint density at radius 3 is 2.52 bits per heavy atom. The van der Waals surface area contributed by atoms with Crippen molar-refractivity contribution in [2.75, 3.05) is 37.6 Å². The second kappa shape index (κ2) is 6.28. The van der Waals surface area contributed by atoms with Gasteiger partial charge in [-0.1, -0.05) is 6.92 Å². The molecule has 0 spiro atoms. The van der Waals surface area contributed by atoms with E-state index in [1.54, 1.807) is 12.4 Å². The summed E-state index contributed by atoms with van der Waals surface area (Å²) in [6, 6.07) is 2.47. The van der Waals surface area contributed by atoms with Crippen molar-refractivity contribution in [3.8, 4) is 0 Å². The topological polar surface area (TPSA) is 56.7 Å². The van der Waals surface area contributed by atoms with Crippen LogP contribution in [0.2, 0.25) is 0 Å². The van der Waals surface area contributed by atoms with Gasteiger partial charge in [0.05, 0.1) is 0 Å². The summed E-state index contributed by atoms with van der Waals surface area (Å²) in [7, 11) is 0. The Morgan fingerprint density at radius 2 is 1.95 bits per heavy atom. The lowest BCUT2D eigenvalue weighted by Gasteiger charge is -2.36. The van der Waals surface area contributed by atoms with E-state index in [9.17, 15) is 0 Å². The van der Waals surface area contributed by atoms with Crippen molar-refractivity contribution in [2.24, 2.45) is 10.9 Å². The maximum atomic E-state index is 4.64. The standard InChI is InChI=1S/C15H24N6/c1-3-16-15(19-13-11-12(13)2)21-9-7-20(8-10-21)14-17-5-4-6-18-14/h4-6,12-13H,3,7-11H2,1-2H3,(H,16,19). The number of rotatable bonds is 3. The van der Waals surface area contributed by atoms with Crippen LogP contribution >= 0.6 is 0 Å². The zero-order chi connectivity index (χ0) is 14.7. The number of piperazine rings is 1. The highest BCUT2D eigenvalue weighted by Gasteiger charge is 2.34. The van der Waals surface area contributed by atoms with Gasteiger partial charge in [0.15, 0.2) is 5.96 Å². The van der Waals surface area contributed by atoms with E-state index in [4.69, 9.17) is 0 Å². The summed E-state index contributed by atoms with van der Waals surface area (Å²) in [6.07, 6.45) is 4.87. The average molecular weight is 288 g/mol. The smallest absolute Gasteiger partial charge is 0.225 e. The molecule has 6 nitrogen and oxygen atoms in total. The van der Waals surface area contributed by atoms with Gasteiger partial charge in [-0.2, -0.15) is 0 Å². The van der Waals surface area contributed by atoms with Gasteiger partial charge in [-0.15, -0.1) is 0 Å². The number of hydrogen-bond donors (Lipinski definition) is 1. The molecule has 6 heteroatoms. The van der Waals surface area contributed by atoms with Gasteiger partial charge >= 0.3 is 0 Å². The highest BCUT2D eigenvalue weighted by atomic mass is 15.4. The molecule has 114 valence electrons. The summed E-state index contributed by atoms with van der Waals surface area (Å²) in [5.41, 5.74) is 0. The molecule has 2 aliphatic rings. The average Bonchev–Trinajstić information content (AvgIpc) is 3.23. The first-order valence-electron chi connectivity index (χ1n) is 7.86. The third-order valence-corrected chi connectivity index (χ3v) is 4.15. The molecule has 1 aliphatic carbocycles. The van der Waals surface area contributed by atoms with Crippen molar-refractivity contribution in [1.29, 1.82) is 0 Å². The fourth-order valence-corrected chi connectivity index (χ4v) is 2.65. The summed E-state index contributed by atoms with van der Waals surface area (Å²) in [4.78, 5) is 17.9. The SMILES string of the molecule is CCN=C(NC1CC1C)N1CCN(c2ncccn2)CC1. The molecule has 3 rings (SSSR count). The number of hydrogen-bond acceptors (Lipinski definition) is 4. The second-order valence-corrected chi connectivity index (χ2v) is 5.78. The Labute approximate surface area is 126 Å². The Balaban J connectivity index is 1.57. The molecule has 1 aliphatic heterocycles. The van der Waals surface area contributed by atoms with E-state index >= 15 is 0 Å². The van der Waals surface area contributed by atoms with Gasteiger partial charge in [0, 0.05) is 51.2 Å². The zero-order valence-corrected chi connectivity index (χ0v) is 12.9. The van der Waals surface area contributed by atoms with Crippen molar-refractivity contribution in [1.82, 2.24) is 20.2 Å². The number of guanidine groups is 1. The van der Waals surface area contributed by atoms with E-state index < -0.39 is 0 Å². The van der Waals surface area contributed by atoms with E-state index in [0.29, 0.717) is 6.04 Å². The minimum atomic E-state index is 0.616. The predicted octanol–water partition coefficient (Wildman–Crippen LogP) is 0.972. The van der Waals surface area contributed by atoms with Crippen LogP contribution < -0.4 is 10.2 Å². The molecule has 1 saturated heterocycles. The number of nitrogens with zero attached hydrogens (tertiary/aromatic N) is 5. The van der Waals surface area contributed by atoms with E-state index in [-0.39, 0.29) is 0 Å². The van der Waals surface area contributed by atoms with Crippen LogP contribution in [0.4, 0.5) is 5.95 Å². The third-order valence-electron chi connectivity index (χ3n) is 4.15. The van der Waals surface area contributed by atoms with E-state index in [2.05, 4.69) is 43.9 Å². The van der Waals surface area contributed by atoms with Crippen molar-refractivity contribution in [3.05, 3.63) is 18.5 Å². The summed E-state index contributed by atoms with van der Waals surface area (Å²) < 4.78 is 0. The van der Waals surface area contributed by atoms with Crippen LogP contribution in [0, 0.1) is 5.92 Å². The lowest BCUT2D eigenvalue weighted by molar-refractivity contribution is 0.368. The van der Waals surface area contributed by atoms with Gasteiger partial charge in [0.2, 0.25) is 5.95 Å². The number of aliphatic imine (C=N–C) groups is 1. The minimum Gasteiger partial charge on any atom is -0.353 e. The molecular weight excluding hydrogens is 264 g/mol. The van der Waals surface area contributed by atoms with E-state index in [1.807, 2.05) is 6.07 Å². The van der Waals surface area contributed by atoms with E-state index in [1.165, 1.54) is 6.42 Å². The molecule has 0 amide bonds. The lowest BCUT2D eigenvalue weighted by Crippen LogP contribution is -2.53. The van der Waals surface area contributed by atoms with Crippen LogP contribution in [0.25, 0.3) is 0 Å². The Bertz CT molecular complexity index is 480.